The number of aromatic nitrogens is 1. The second kappa shape index (κ2) is 6.61. The minimum atomic E-state index is -0.296. The van der Waals surface area contributed by atoms with Crippen molar-refractivity contribution in [2.45, 2.75) is 13.5 Å². The van der Waals surface area contributed by atoms with Crippen molar-refractivity contribution in [1.82, 2.24) is 4.57 Å². The van der Waals surface area contributed by atoms with Crippen LogP contribution in [0.2, 0.25) is 9.36 Å². The largest absolute Gasteiger partial charge is 0.312 e. The maximum absolute atomic E-state index is 12.3. The highest BCUT2D eigenvalue weighted by atomic mass is 35.5. The van der Waals surface area contributed by atoms with Crippen LogP contribution < -0.4 is 4.80 Å². The smallest absolute Gasteiger partial charge is 0.289 e. The molecular formula is C16H12Cl2N2OS2. The van der Waals surface area contributed by atoms with Gasteiger partial charge < -0.3 is 4.57 Å². The van der Waals surface area contributed by atoms with E-state index in [4.69, 9.17) is 23.2 Å². The summed E-state index contributed by atoms with van der Waals surface area (Å²) in [6, 6.07) is 7.19. The molecule has 7 heteroatoms. The Balaban J connectivity index is 2.22. The zero-order valence-corrected chi connectivity index (χ0v) is 15.3. The average Bonchev–Trinajstić information content (AvgIpc) is 3.09. The van der Waals surface area contributed by atoms with E-state index >= 15 is 0 Å². The number of hydrogen-bond acceptors (Lipinski definition) is 3. The van der Waals surface area contributed by atoms with Crippen LogP contribution in [0.25, 0.3) is 10.2 Å². The molecule has 3 nitrogen and oxygen atoms in total. The minimum absolute atomic E-state index is 0.296. The Bertz CT molecular complexity index is 982. The van der Waals surface area contributed by atoms with Crippen LogP contribution in [0.15, 0.2) is 41.9 Å². The zero-order chi connectivity index (χ0) is 16.6. The third-order valence-corrected chi connectivity index (χ3v) is 5.99. The lowest BCUT2D eigenvalue weighted by molar-refractivity contribution is 0.100. The summed E-state index contributed by atoms with van der Waals surface area (Å²) in [7, 11) is 0. The maximum Gasteiger partial charge on any atom is 0.289 e. The minimum Gasteiger partial charge on any atom is -0.312 e. The molecule has 0 aliphatic rings. The van der Waals surface area contributed by atoms with Gasteiger partial charge in [-0.15, -0.1) is 17.9 Å². The fraction of sp³-hybridized carbons (Fsp3) is 0.125. The number of rotatable bonds is 3. The highest BCUT2D eigenvalue weighted by Crippen LogP contribution is 2.27. The molecule has 0 saturated carbocycles. The van der Waals surface area contributed by atoms with Gasteiger partial charge in [0.2, 0.25) is 0 Å². The van der Waals surface area contributed by atoms with Gasteiger partial charge in [0.05, 0.1) is 19.4 Å². The number of carbonyl (C=O) groups excluding carboxylic acids is 1. The van der Waals surface area contributed by atoms with Crippen molar-refractivity contribution in [3.8, 4) is 0 Å². The maximum atomic E-state index is 12.3. The van der Waals surface area contributed by atoms with Crippen molar-refractivity contribution >= 4 is 62.0 Å². The van der Waals surface area contributed by atoms with E-state index in [0.29, 0.717) is 25.6 Å². The summed E-state index contributed by atoms with van der Waals surface area (Å²) < 4.78 is 3.56. The van der Waals surface area contributed by atoms with E-state index in [-0.39, 0.29) is 5.91 Å². The normalized spacial score (nSPS) is 12.0. The molecule has 0 aliphatic heterocycles. The third kappa shape index (κ3) is 3.15. The number of thiophene rings is 1. The third-order valence-electron chi connectivity index (χ3n) is 3.32. The zero-order valence-electron chi connectivity index (χ0n) is 12.2. The van der Waals surface area contributed by atoms with Gasteiger partial charge in [0.25, 0.3) is 5.91 Å². The Labute approximate surface area is 151 Å². The molecule has 0 aliphatic carbocycles. The predicted octanol–water partition coefficient (Wildman–Crippen LogP) is 5.31. The van der Waals surface area contributed by atoms with Crippen LogP contribution in [0, 0.1) is 6.92 Å². The molecular weight excluding hydrogens is 371 g/mol. The van der Waals surface area contributed by atoms with E-state index in [2.05, 4.69) is 11.6 Å². The van der Waals surface area contributed by atoms with E-state index in [1.807, 2.05) is 23.6 Å². The first-order chi connectivity index (χ1) is 11.0. The molecule has 1 aromatic carbocycles. The van der Waals surface area contributed by atoms with Gasteiger partial charge in [-0.1, -0.05) is 40.6 Å². The van der Waals surface area contributed by atoms with Crippen LogP contribution in [0.1, 0.15) is 15.2 Å². The van der Waals surface area contributed by atoms with Crippen LogP contribution >= 0.6 is 45.9 Å². The van der Waals surface area contributed by atoms with Crippen LogP contribution in [0.3, 0.4) is 0 Å². The summed E-state index contributed by atoms with van der Waals surface area (Å²) >= 11 is 14.8. The predicted molar refractivity (Wildman–Crippen MR) is 99.0 cm³/mol. The monoisotopic (exact) mass is 382 g/mol. The first-order valence-electron chi connectivity index (χ1n) is 6.75. The first kappa shape index (κ1) is 16.5. The van der Waals surface area contributed by atoms with Gasteiger partial charge in [0, 0.05) is 11.6 Å². The van der Waals surface area contributed by atoms with E-state index in [9.17, 15) is 4.79 Å². The van der Waals surface area contributed by atoms with Gasteiger partial charge in [0.1, 0.15) is 0 Å². The quantitative estimate of drug-likeness (QED) is 0.565. The van der Waals surface area contributed by atoms with E-state index < -0.39 is 0 Å². The molecule has 3 aromatic rings. The number of hydrogen-bond donors (Lipinski definition) is 0. The Kier molecular flexibility index (Phi) is 4.73. The van der Waals surface area contributed by atoms with Gasteiger partial charge >= 0.3 is 0 Å². The van der Waals surface area contributed by atoms with Crippen LogP contribution in [-0.4, -0.2) is 10.5 Å². The number of fused-ring (bicyclic) bond motifs is 1. The molecule has 0 unspecified atom stereocenters. The van der Waals surface area contributed by atoms with Gasteiger partial charge in [-0.25, -0.2) is 0 Å². The van der Waals surface area contributed by atoms with Crippen LogP contribution in [0.4, 0.5) is 0 Å². The molecule has 118 valence electrons. The highest BCUT2D eigenvalue weighted by molar-refractivity contribution is 7.18. The average molecular weight is 383 g/mol. The Morgan fingerprint density at radius 3 is 2.74 bits per heavy atom. The van der Waals surface area contributed by atoms with Crippen LogP contribution in [0.5, 0.6) is 0 Å². The molecule has 3 rings (SSSR count). The topological polar surface area (TPSA) is 34.4 Å². The van der Waals surface area contributed by atoms with Gasteiger partial charge in [-0.05, 0) is 36.8 Å². The van der Waals surface area contributed by atoms with Crippen molar-refractivity contribution in [3.05, 3.63) is 61.5 Å². The number of aryl methyl sites for hydroxylation is 1. The number of halogens is 2. The Morgan fingerprint density at radius 1 is 1.30 bits per heavy atom. The van der Waals surface area contributed by atoms with E-state index in [1.54, 1.807) is 18.2 Å². The fourth-order valence-electron chi connectivity index (χ4n) is 2.27. The molecule has 2 aromatic heterocycles. The molecule has 0 spiro atoms. The standard InChI is InChI=1S/C16H12Cl2N2OS2/c1-3-8-20-14-9(2)10(17)4-5-11(14)23-16(20)19-15(21)12-6-7-13(18)22-12/h3-7H,1,8H2,2H3. The SMILES string of the molecule is C=CCn1c(=NC(=O)c2ccc(Cl)s2)sc2ccc(Cl)c(C)c21. The molecule has 1 amide bonds. The lowest BCUT2D eigenvalue weighted by Gasteiger charge is -2.05. The van der Waals surface area contributed by atoms with Gasteiger partial charge in [0.15, 0.2) is 4.80 Å². The molecule has 0 radical (unpaired) electrons. The molecule has 0 atom stereocenters. The first-order valence-corrected chi connectivity index (χ1v) is 9.14. The second-order valence-electron chi connectivity index (χ2n) is 4.82. The number of nitrogens with zero attached hydrogens (tertiary/aromatic N) is 2. The summed E-state index contributed by atoms with van der Waals surface area (Å²) in [5.74, 6) is -0.296. The number of allylic oxidation sites excluding steroid dienone is 1. The van der Waals surface area contributed by atoms with E-state index in [1.165, 1.54) is 22.7 Å². The summed E-state index contributed by atoms with van der Waals surface area (Å²) in [5, 5.41) is 0.691. The van der Waals surface area contributed by atoms with Crippen molar-refractivity contribution in [2.24, 2.45) is 4.99 Å². The fourth-order valence-corrected chi connectivity index (χ4v) is 4.45. The summed E-state index contributed by atoms with van der Waals surface area (Å²) in [6.45, 7) is 6.30. The number of benzene rings is 1. The second-order valence-corrected chi connectivity index (χ2v) is 7.96. The Hall–Kier alpha value is -1.40. The van der Waals surface area contributed by atoms with E-state index in [0.717, 1.165) is 15.8 Å². The lowest BCUT2D eigenvalue weighted by atomic mass is 10.2. The molecule has 23 heavy (non-hydrogen) atoms. The number of thiazole rings is 1. The highest BCUT2D eigenvalue weighted by Gasteiger charge is 2.13. The van der Waals surface area contributed by atoms with Crippen molar-refractivity contribution < 1.29 is 4.79 Å². The molecule has 2 heterocycles. The molecule has 0 fully saturated rings. The Morgan fingerprint density at radius 2 is 2.09 bits per heavy atom. The summed E-state index contributed by atoms with van der Waals surface area (Å²) in [5.41, 5.74) is 1.95. The van der Waals surface area contributed by atoms with Gasteiger partial charge in [-0.2, -0.15) is 4.99 Å². The van der Waals surface area contributed by atoms with Gasteiger partial charge in [-0.3, -0.25) is 4.79 Å². The lowest BCUT2D eigenvalue weighted by Crippen LogP contribution is -2.16. The molecule has 0 bridgehead atoms. The molecule has 0 N–H and O–H groups in total. The van der Waals surface area contributed by atoms with Crippen LogP contribution in [-0.2, 0) is 6.54 Å². The summed E-state index contributed by atoms with van der Waals surface area (Å²) in [4.78, 5) is 17.8. The van der Waals surface area contributed by atoms with Crippen molar-refractivity contribution in [2.75, 3.05) is 0 Å². The molecule has 0 saturated heterocycles. The van der Waals surface area contributed by atoms with Crippen molar-refractivity contribution in [3.63, 3.8) is 0 Å². The number of amides is 1. The summed E-state index contributed by atoms with van der Waals surface area (Å²) in [6.07, 6.45) is 1.78. The van der Waals surface area contributed by atoms with Crippen molar-refractivity contribution in [1.29, 1.82) is 0 Å². The number of carbonyl (C=O) groups is 1.